The first-order chi connectivity index (χ1) is 9.34. The van der Waals surface area contributed by atoms with Gasteiger partial charge in [0.15, 0.2) is 0 Å². The van der Waals surface area contributed by atoms with E-state index in [1.54, 1.807) is 0 Å². The Morgan fingerprint density at radius 3 is 2.79 bits per heavy atom. The third-order valence-corrected chi connectivity index (χ3v) is 4.40. The van der Waals surface area contributed by atoms with E-state index >= 15 is 0 Å². The highest BCUT2D eigenvalue weighted by Crippen LogP contribution is 2.36. The smallest absolute Gasteiger partial charge is 0.137 e. The molecule has 1 saturated carbocycles. The van der Waals surface area contributed by atoms with Crippen LogP contribution >= 0.6 is 0 Å². The van der Waals surface area contributed by atoms with E-state index in [1.165, 1.54) is 5.56 Å². The molecule has 0 bridgehead atoms. The van der Waals surface area contributed by atoms with E-state index in [1.807, 2.05) is 6.07 Å². The Hall–Kier alpha value is -1.19. The van der Waals surface area contributed by atoms with Crippen LogP contribution in [0.2, 0.25) is 0 Å². The van der Waals surface area contributed by atoms with E-state index in [9.17, 15) is 4.79 Å². The highest BCUT2D eigenvalue weighted by molar-refractivity contribution is 5.82. The van der Waals surface area contributed by atoms with Gasteiger partial charge in [0.25, 0.3) is 0 Å². The quantitative estimate of drug-likeness (QED) is 0.884. The fourth-order valence-corrected chi connectivity index (χ4v) is 3.32. The molecule has 3 nitrogen and oxygen atoms in total. The average molecular weight is 259 g/mol. The number of ether oxygens (including phenoxy) is 1. The molecule has 1 aliphatic carbocycles. The second kappa shape index (κ2) is 5.85. The zero-order valence-electron chi connectivity index (χ0n) is 11.2. The number of hydrogen-bond acceptors (Lipinski definition) is 3. The predicted octanol–water partition coefficient (Wildman–Crippen LogP) is 2.13. The molecule has 1 N–H and O–H groups in total. The summed E-state index contributed by atoms with van der Waals surface area (Å²) in [5.74, 6) is 1.06. The van der Waals surface area contributed by atoms with Crippen molar-refractivity contribution < 1.29 is 9.53 Å². The standard InChI is InChI=1S/C16H21NO2/c18-16-7-6-13(12-4-2-1-3-5-12)10-14(16)15-11-19-9-8-17-15/h1-5,13-15,17H,6-11H2. The summed E-state index contributed by atoms with van der Waals surface area (Å²) in [6, 6.07) is 10.8. The van der Waals surface area contributed by atoms with E-state index in [4.69, 9.17) is 4.74 Å². The molecule has 3 atom stereocenters. The van der Waals surface area contributed by atoms with Crippen molar-refractivity contribution in [1.82, 2.24) is 5.32 Å². The summed E-state index contributed by atoms with van der Waals surface area (Å²) in [5.41, 5.74) is 1.37. The first kappa shape index (κ1) is 12.8. The molecule has 3 rings (SSSR count). The molecule has 2 aliphatic rings. The molecule has 1 aromatic carbocycles. The molecule has 2 fully saturated rings. The highest BCUT2D eigenvalue weighted by Gasteiger charge is 2.35. The predicted molar refractivity (Wildman–Crippen MR) is 74.1 cm³/mol. The van der Waals surface area contributed by atoms with Crippen LogP contribution in [0.3, 0.4) is 0 Å². The molecule has 0 aromatic heterocycles. The largest absolute Gasteiger partial charge is 0.378 e. The van der Waals surface area contributed by atoms with Gasteiger partial charge in [-0.25, -0.2) is 0 Å². The number of carbonyl (C=O) groups excluding carboxylic acids is 1. The first-order valence-electron chi connectivity index (χ1n) is 7.23. The number of nitrogens with one attached hydrogen (secondary N) is 1. The van der Waals surface area contributed by atoms with Crippen molar-refractivity contribution >= 4 is 5.78 Å². The number of benzene rings is 1. The molecule has 1 aromatic rings. The Balaban J connectivity index is 1.71. The molecule has 3 unspecified atom stereocenters. The molecule has 3 heteroatoms. The van der Waals surface area contributed by atoms with Crippen LogP contribution in [0.25, 0.3) is 0 Å². The minimum Gasteiger partial charge on any atom is -0.378 e. The minimum absolute atomic E-state index is 0.124. The average Bonchev–Trinajstić information content (AvgIpc) is 2.49. The molecule has 1 aliphatic heterocycles. The second-order valence-electron chi connectivity index (χ2n) is 5.59. The van der Waals surface area contributed by atoms with E-state index in [0.29, 0.717) is 24.7 Å². The third-order valence-electron chi connectivity index (χ3n) is 4.40. The Morgan fingerprint density at radius 1 is 1.21 bits per heavy atom. The van der Waals surface area contributed by atoms with Crippen LogP contribution in [-0.4, -0.2) is 31.6 Å². The molecule has 0 radical (unpaired) electrons. The lowest BCUT2D eigenvalue weighted by Crippen LogP contribution is -2.49. The lowest BCUT2D eigenvalue weighted by molar-refractivity contribution is -0.127. The van der Waals surface area contributed by atoms with Crippen LogP contribution < -0.4 is 5.32 Å². The van der Waals surface area contributed by atoms with Gasteiger partial charge in [0.1, 0.15) is 5.78 Å². The molecule has 1 saturated heterocycles. The van der Waals surface area contributed by atoms with E-state index < -0.39 is 0 Å². The summed E-state index contributed by atoms with van der Waals surface area (Å²) < 4.78 is 5.51. The number of morpholine rings is 1. The summed E-state index contributed by atoms with van der Waals surface area (Å²) in [7, 11) is 0. The SMILES string of the molecule is O=C1CCC(c2ccccc2)CC1C1COCCN1. The van der Waals surface area contributed by atoms with E-state index in [2.05, 4.69) is 29.6 Å². The number of rotatable bonds is 2. The van der Waals surface area contributed by atoms with Gasteiger partial charge in [-0.05, 0) is 24.3 Å². The fourth-order valence-electron chi connectivity index (χ4n) is 3.32. The maximum Gasteiger partial charge on any atom is 0.137 e. The molecule has 0 spiro atoms. The van der Waals surface area contributed by atoms with Gasteiger partial charge in [-0.2, -0.15) is 0 Å². The fraction of sp³-hybridized carbons (Fsp3) is 0.562. The zero-order valence-corrected chi connectivity index (χ0v) is 11.2. The molecule has 1 heterocycles. The number of ketones is 1. The minimum atomic E-state index is 0.124. The van der Waals surface area contributed by atoms with Crippen molar-refractivity contribution in [3.63, 3.8) is 0 Å². The van der Waals surface area contributed by atoms with Crippen LogP contribution in [0.1, 0.15) is 30.7 Å². The highest BCUT2D eigenvalue weighted by atomic mass is 16.5. The molecule has 102 valence electrons. The van der Waals surface area contributed by atoms with Crippen LogP contribution in [0.15, 0.2) is 30.3 Å². The lowest BCUT2D eigenvalue weighted by atomic mass is 9.74. The molecule has 0 amide bonds. The van der Waals surface area contributed by atoms with Crippen molar-refractivity contribution in [2.45, 2.75) is 31.2 Å². The Morgan fingerprint density at radius 2 is 2.05 bits per heavy atom. The van der Waals surface area contributed by atoms with E-state index in [-0.39, 0.29) is 12.0 Å². The number of carbonyl (C=O) groups is 1. The molecular weight excluding hydrogens is 238 g/mol. The van der Waals surface area contributed by atoms with Crippen LogP contribution in [0.5, 0.6) is 0 Å². The van der Waals surface area contributed by atoms with Gasteiger partial charge in [0, 0.05) is 24.9 Å². The molecule has 19 heavy (non-hydrogen) atoms. The summed E-state index contributed by atoms with van der Waals surface area (Å²) >= 11 is 0. The molecular formula is C16H21NO2. The summed E-state index contributed by atoms with van der Waals surface area (Å²) in [4.78, 5) is 12.2. The Labute approximate surface area is 114 Å². The Bertz CT molecular complexity index is 426. The monoisotopic (exact) mass is 259 g/mol. The van der Waals surface area contributed by atoms with Gasteiger partial charge in [0.05, 0.1) is 13.2 Å². The maximum absolute atomic E-state index is 12.2. The second-order valence-corrected chi connectivity index (χ2v) is 5.59. The van der Waals surface area contributed by atoms with Crippen molar-refractivity contribution in [3.8, 4) is 0 Å². The van der Waals surface area contributed by atoms with Crippen LogP contribution in [-0.2, 0) is 9.53 Å². The van der Waals surface area contributed by atoms with Crippen molar-refractivity contribution in [3.05, 3.63) is 35.9 Å². The van der Waals surface area contributed by atoms with E-state index in [0.717, 1.165) is 26.0 Å². The number of hydrogen-bond donors (Lipinski definition) is 1. The summed E-state index contributed by atoms with van der Waals surface area (Å²) in [6.45, 7) is 2.31. The lowest BCUT2D eigenvalue weighted by Gasteiger charge is -2.36. The topological polar surface area (TPSA) is 38.3 Å². The van der Waals surface area contributed by atoms with Gasteiger partial charge in [-0.1, -0.05) is 30.3 Å². The van der Waals surface area contributed by atoms with Gasteiger partial charge >= 0.3 is 0 Å². The van der Waals surface area contributed by atoms with Crippen molar-refractivity contribution in [1.29, 1.82) is 0 Å². The van der Waals surface area contributed by atoms with Crippen molar-refractivity contribution in [2.24, 2.45) is 5.92 Å². The Kier molecular flexibility index (Phi) is 3.95. The van der Waals surface area contributed by atoms with Gasteiger partial charge < -0.3 is 10.1 Å². The summed E-state index contributed by atoms with van der Waals surface area (Å²) in [6.07, 6.45) is 2.67. The van der Waals surface area contributed by atoms with Crippen molar-refractivity contribution in [2.75, 3.05) is 19.8 Å². The van der Waals surface area contributed by atoms with Crippen LogP contribution in [0, 0.1) is 5.92 Å². The van der Waals surface area contributed by atoms with Gasteiger partial charge in [-0.3, -0.25) is 4.79 Å². The normalized spacial score (nSPS) is 32.2. The maximum atomic E-state index is 12.2. The van der Waals surface area contributed by atoms with Crippen LogP contribution in [0.4, 0.5) is 0 Å². The number of Topliss-reactive ketones (excluding diaryl/α,β-unsaturated/α-hetero) is 1. The first-order valence-corrected chi connectivity index (χ1v) is 7.23. The van der Waals surface area contributed by atoms with Gasteiger partial charge in [-0.15, -0.1) is 0 Å². The zero-order chi connectivity index (χ0) is 13.1. The van der Waals surface area contributed by atoms with Gasteiger partial charge in [0.2, 0.25) is 0 Å². The summed E-state index contributed by atoms with van der Waals surface area (Å²) in [5, 5.41) is 3.45. The third kappa shape index (κ3) is 2.88.